The molecular weight excluding hydrogens is 293 g/mol. The molecule has 5 heteroatoms. The number of ether oxygens (including phenoxy) is 1. The zero-order chi connectivity index (χ0) is 15.8. The summed E-state index contributed by atoms with van der Waals surface area (Å²) in [5.41, 5.74) is 4.86. The molecule has 1 N–H and O–H groups in total. The van der Waals surface area contributed by atoms with Gasteiger partial charge < -0.3 is 14.6 Å². The van der Waals surface area contributed by atoms with Crippen molar-refractivity contribution in [2.45, 2.75) is 6.92 Å². The van der Waals surface area contributed by atoms with Crippen LogP contribution in [0.15, 0.2) is 36.5 Å². The standard InChI is InChI=1S/C18H18FN3O/c1-12-16(13-3-2-4-14(19)11-13)17-15(5-6-20-18(17)21-12)22-7-9-23-10-8-22/h2-6,11H,7-10H2,1H3,(H,20,21). The predicted molar refractivity (Wildman–Crippen MR) is 89.3 cm³/mol. The normalized spacial score (nSPS) is 15.3. The second-order valence-corrected chi connectivity index (χ2v) is 5.79. The number of aromatic amines is 1. The number of H-pyrrole nitrogens is 1. The Hall–Kier alpha value is -2.40. The van der Waals surface area contributed by atoms with E-state index in [1.807, 2.05) is 25.3 Å². The molecule has 1 fully saturated rings. The summed E-state index contributed by atoms with van der Waals surface area (Å²) in [6, 6.07) is 8.76. The van der Waals surface area contributed by atoms with Crippen LogP contribution >= 0.6 is 0 Å². The Bertz CT molecular complexity index is 853. The molecule has 0 unspecified atom stereocenters. The first-order valence-corrected chi connectivity index (χ1v) is 7.80. The number of nitrogens with zero attached hydrogens (tertiary/aromatic N) is 2. The number of aryl methyl sites for hydroxylation is 1. The fourth-order valence-corrected chi connectivity index (χ4v) is 3.29. The summed E-state index contributed by atoms with van der Waals surface area (Å²) >= 11 is 0. The third-order valence-corrected chi connectivity index (χ3v) is 4.32. The van der Waals surface area contributed by atoms with Gasteiger partial charge in [0, 0.05) is 30.5 Å². The molecule has 2 aromatic heterocycles. The number of halogens is 1. The number of hydrogen-bond donors (Lipinski definition) is 1. The van der Waals surface area contributed by atoms with Crippen molar-refractivity contribution in [1.29, 1.82) is 0 Å². The summed E-state index contributed by atoms with van der Waals surface area (Å²) < 4.78 is 19.1. The van der Waals surface area contributed by atoms with E-state index in [1.165, 1.54) is 6.07 Å². The van der Waals surface area contributed by atoms with E-state index in [0.717, 1.165) is 59.8 Å². The van der Waals surface area contributed by atoms with E-state index in [9.17, 15) is 4.39 Å². The van der Waals surface area contributed by atoms with Crippen molar-refractivity contribution in [3.8, 4) is 11.1 Å². The number of benzene rings is 1. The van der Waals surface area contributed by atoms with E-state index in [-0.39, 0.29) is 5.82 Å². The highest BCUT2D eigenvalue weighted by atomic mass is 19.1. The van der Waals surface area contributed by atoms with Crippen LogP contribution in [0.4, 0.5) is 10.1 Å². The maximum Gasteiger partial charge on any atom is 0.140 e. The highest BCUT2D eigenvalue weighted by Crippen LogP contribution is 2.37. The van der Waals surface area contributed by atoms with Crippen molar-refractivity contribution in [2.24, 2.45) is 0 Å². The van der Waals surface area contributed by atoms with E-state index in [0.29, 0.717) is 0 Å². The highest BCUT2D eigenvalue weighted by molar-refractivity contribution is 6.04. The number of aromatic nitrogens is 2. The van der Waals surface area contributed by atoms with Gasteiger partial charge in [0.1, 0.15) is 11.5 Å². The van der Waals surface area contributed by atoms with Gasteiger partial charge in [0.05, 0.1) is 24.3 Å². The molecule has 1 aliphatic heterocycles. The second kappa shape index (κ2) is 5.66. The van der Waals surface area contributed by atoms with Gasteiger partial charge >= 0.3 is 0 Å². The van der Waals surface area contributed by atoms with Crippen LogP contribution in [0, 0.1) is 12.7 Å². The Balaban J connectivity index is 1.95. The number of morpholine rings is 1. The van der Waals surface area contributed by atoms with Gasteiger partial charge in [-0.05, 0) is 30.7 Å². The maximum absolute atomic E-state index is 13.7. The van der Waals surface area contributed by atoms with E-state index in [1.54, 1.807) is 12.1 Å². The molecule has 23 heavy (non-hydrogen) atoms. The van der Waals surface area contributed by atoms with Crippen LogP contribution in [0.25, 0.3) is 22.2 Å². The van der Waals surface area contributed by atoms with Gasteiger partial charge in [-0.15, -0.1) is 0 Å². The van der Waals surface area contributed by atoms with E-state index >= 15 is 0 Å². The van der Waals surface area contributed by atoms with Crippen LogP contribution in [0.3, 0.4) is 0 Å². The molecule has 3 aromatic rings. The first-order chi connectivity index (χ1) is 11.2. The molecule has 1 aliphatic rings. The molecule has 0 atom stereocenters. The largest absolute Gasteiger partial charge is 0.378 e. The Kier molecular flexibility index (Phi) is 3.50. The van der Waals surface area contributed by atoms with Gasteiger partial charge in [-0.2, -0.15) is 0 Å². The lowest BCUT2D eigenvalue weighted by molar-refractivity contribution is 0.123. The average Bonchev–Trinajstić information content (AvgIpc) is 2.91. The Morgan fingerprint density at radius 3 is 2.83 bits per heavy atom. The van der Waals surface area contributed by atoms with E-state index in [2.05, 4.69) is 14.9 Å². The molecule has 0 aliphatic carbocycles. The number of hydrogen-bond acceptors (Lipinski definition) is 3. The first kappa shape index (κ1) is 14.2. The number of pyridine rings is 1. The van der Waals surface area contributed by atoms with Crippen LogP contribution < -0.4 is 4.90 Å². The molecule has 0 saturated carbocycles. The number of nitrogens with one attached hydrogen (secondary N) is 1. The molecular formula is C18H18FN3O. The van der Waals surface area contributed by atoms with Gasteiger partial charge in [-0.1, -0.05) is 12.1 Å². The fraction of sp³-hybridized carbons (Fsp3) is 0.278. The summed E-state index contributed by atoms with van der Waals surface area (Å²) in [7, 11) is 0. The molecule has 118 valence electrons. The second-order valence-electron chi connectivity index (χ2n) is 5.79. The van der Waals surface area contributed by atoms with Crippen molar-refractivity contribution in [1.82, 2.24) is 9.97 Å². The minimum Gasteiger partial charge on any atom is -0.378 e. The van der Waals surface area contributed by atoms with Gasteiger partial charge in [0.25, 0.3) is 0 Å². The molecule has 0 bridgehead atoms. The zero-order valence-corrected chi connectivity index (χ0v) is 13.0. The minimum absolute atomic E-state index is 0.229. The maximum atomic E-state index is 13.7. The Morgan fingerprint density at radius 1 is 1.22 bits per heavy atom. The van der Waals surface area contributed by atoms with Crippen molar-refractivity contribution in [3.05, 3.63) is 48.0 Å². The van der Waals surface area contributed by atoms with Crippen molar-refractivity contribution >= 4 is 16.7 Å². The van der Waals surface area contributed by atoms with Gasteiger partial charge in [0.15, 0.2) is 0 Å². The summed E-state index contributed by atoms with van der Waals surface area (Å²) in [6.07, 6.45) is 1.82. The van der Waals surface area contributed by atoms with Crippen LogP contribution in [0.1, 0.15) is 5.69 Å². The molecule has 0 spiro atoms. The monoisotopic (exact) mass is 311 g/mol. The molecule has 4 nitrogen and oxygen atoms in total. The van der Waals surface area contributed by atoms with Crippen molar-refractivity contribution in [2.75, 3.05) is 31.2 Å². The van der Waals surface area contributed by atoms with Gasteiger partial charge in [-0.3, -0.25) is 0 Å². The summed E-state index contributed by atoms with van der Waals surface area (Å²) in [5, 5.41) is 1.05. The lowest BCUT2D eigenvalue weighted by Gasteiger charge is -2.29. The van der Waals surface area contributed by atoms with Crippen molar-refractivity contribution < 1.29 is 9.13 Å². The molecule has 1 saturated heterocycles. The molecule has 4 rings (SSSR count). The third kappa shape index (κ3) is 2.47. The van der Waals surface area contributed by atoms with Crippen LogP contribution in [-0.2, 0) is 4.74 Å². The summed E-state index contributed by atoms with van der Waals surface area (Å²) in [6.45, 7) is 5.16. The number of rotatable bonds is 2. The van der Waals surface area contributed by atoms with Gasteiger partial charge in [-0.25, -0.2) is 9.37 Å². The summed E-state index contributed by atoms with van der Waals surface area (Å²) in [5.74, 6) is -0.229. The first-order valence-electron chi connectivity index (χ1n) is 7.80. The Morgan fingerprint density at radius 2 is 2.04 bits per heavy atom. The van der Waals surface area contributed by atoms with Crippen LogP contribution in [-0.4, -0.2) is 36.3 Å². The predicted octanol–water partition coefficient (Wildman–Crippen LogP) is 3.51. The molecule has 1 aromatic carbocycles. The third-order valence-electron chi connectivity index (χ3n) is 4.32. The molecule has 0 radical (unpaired) electrons. The Labute approximate surface area is 133 Å². The van der Waals surface area contributed by atoms with E-state index in [4.69, 9.17) is 4.74 Å². The number of fused-ring (bicyclic) bond motifs is 1. The topological polar surface area (TPSA) is 41.2 Å². The van der Waals surface area contributed by atoms with E-state index < -0.39 is 0 Å². The fourth-order valence-electron chi connectivity index (χ4n) is 3.29. The SMILES string of the molecule is Cc1[nH]c2nccc(N3CCOCC3)c2c1-c1cccc(F)c1. The smallest absolute Gasteiger partial charge is 0.140 e. The van der Waals surface area contributed by atoms with Crippen LogP contribution in [0.5, 0.6) is 0 Å². The summed E-state index contributed by atoms with van der Waals surface area (Å²) in [4.78, 5) is 10.1. The van der Waals surface area contributed by atoms with Gasteiger partial charge in [0.2, 0.25) is 0 Å². The zero-order valence-electron chi connectivity index (χ0n) is 13.0. The number of anilines is 1. The molecule has 3 heterocycles. The lowest BCUT2D eigenvalue weighted by atomic mass is 10.0. The highest BCUT2D eigenvalue weighted by Gasteiger charge is 2.20. The average molecular weight is 311 g/mol. The quantitative estimate of drug-likeness (QED) is 0.787. The lowest BCUT2D eigenvalue weighted by Crippen LogP contribution is -2.36. The van der Waals surface area contributed by atoms with Crippen molar-refractivity contribution in [3.63, 3.8) is 0 Å². The van der Waals surface area contributed by atoms with Crippen LogP contribution in [0.2, 0.25) is 0 Å². The minimum atomic E-state index is -0.229. The molecule has 0 amide bonds.